The van der Waals surface area contributed by atoms with Crippen LogP contribution in [0.15, 0.2) is 12.4 Å². The second-order valence-electron chi connectivity index (χ2n) is 5.64. The molecule has 1 aliphatic rings. The van der Waals surface area contributed by atoms with Crippen molar-refractivity contribution in [3.63, 3.8) is 0 Å². The summed E-state index contributed by atoms with van der Waals surface area (Å²) in [5.74, 6) is 0.901. The van der Waals surface area contributed by atoms with E-state index in [1.165, 1.54) is 0 Å². The molecule has 3 rings (SSSR count). The summed E-state index contributed by atoms with van der Waals surface area (Å²) in [6, 6.07) is 0.216. The van der Waals surface area contributed by atoms with Crippen LogP contribution in [0.3, 0.4) is 0 Å². The summed E-state index contributed by atoms with van der Waals surface area (Å²) in [4.78, 5) is 12.0. The Hall–Kier alpha value is -2.11. The van der Waals surface area contributed by atoms with Gasteiger partial charge < -0.3 is 5.32 Å². The molecule has 0 spiro atoms. The lowest BCUT2D eigenvalue weighted by Crippen LogP contribution is -2.25. The molecule has 0 aromatic carbocycles. The number of aromatic nitrogens is 4. The summed E-state index contributed by atoms with van der Waals surface area (Å²) in [6.07, 6.45) is 4.31. The molecule has 0 saturated heterocycles. The highest BCUT2D eigenvalue weighted by molar-refractivity contribution is 5.94. The molecule has 1 aliphatic heterocycles. The van der Waals surface area contributed by atoms with Gasteiger partial charge in [0, 0.05) is 42.8 Å². The van der Waals surface area contributed by atoms with E-state index in [-0.39, 0.29) is 17.9 Å². The SMILES string of the molecule is Cc1nn(C)cc1[C@@H]1CC(=O)Nc2c1cnn2C(C)C. The van der Waals surface area contributed by atoms with Crippen molar-refractivity contribution >= 4 is 11.7 Å². The molecular formula is C14H19N5O. The van der Waals surface area contributed by atoms with Gasteiger partial charge in [0.25, 0.3) is 0 Å². The van der Waals surface area contributed by atoms with E-state index in [0.717, 1.165) is 22.6 Å². The first-order valence-electron chi connectivity index (χ1n) is 6.84. The minimum absolute atomic E-state index is 0.0353. The maximum absolute atomic E-state index is 12.0. The van der Waals surface area contributed by atoms with Gasteiger partial charge >= 0.3 is 0 Å². The van der Waals surface area contributed by atoms with Crippen LogP contribution in [-0.2, 0) is 11.8 Å². The number of rotatable bonds is 2. The normalized spacial score (nSPS) is 18.2. The van der Waals surface area contributed by atoms with Crippen molar-refractivity contribution in [3.05, 3.63) is 29.2 Å². The number of hydrogen-bond acceptors (Lipinski definition) is 3. The molecule has 6 heteroatoms. The Kier molecular flexibility index (Phi) is 2.88. The maximum Gasteiger partial charge on any atom is 0.226 e. The van der Waals surface area contributed by atoms with Crippen molar-refractivity contribution in [2.75, 3.05) is 5.32 Å². The molecule has 1 atom stereocenters. The molecule has 0 fully saturated rings. The summed E-state index contributed by atoms with van der Waals surface area (Å²) in [7, 11) is 1.90. The van der Waals surface area contributed by atoms with Gasteiger partial charge in [0.2, 0.25) is 5.91 Å². The van der Waals surface area contributed by atoms with Crippen LogP contribution < -0.4 is 5.32 Å². The number of carbonyl (C=O) groups excluding carboxylic acids is 1. The molecule has 2 aromatic rings. The predicted molar refractivity (Wildman–Crippen MR) is 75.6 cm³/mol. The third-order valence-electron chi connectivity index (χ3n) is 3.76. The van der Waals surface area contributed by atoms with Gasteiger partial charge in [0.1, 0.15) is 5.82 Å². The fourth-order valence-electron chi connectivity index (χ4n) is 2.87. The van der Waals surface area contributed by atoms with Crippen LogP contribution in [0.25, 0.3) is 0 Å². The fraction of sp³-hybridized carbons (Fsp3) is 0.500. The van der Waals surface area contributed by atoms with E-state index in [1.54, 1.807) is 4.68 Å². The van der Waals surface area contributed by atoms with Crippen LogP contribution in [0, 0.1) is 6.92 Å². The topological polar surface area (TPSA) is 64.7 Å². The molecule has 3 heterocycles. The smallest absolute Gasteiger partial charge is 0.226 e. The van der Waals surface area contributed by atoms with Gasteiger partial charge in [0.05, 0.1) is 11.9 Å². The van der Waals surface area contributed by atoms with Gasteiger partial charge in [-0.3, -0.25) is 9.48 Å². The zero-order valence-electron chi connectivity index (χ0n) is 12.2. The highest BCUT2D eigenvalue weighted by atomic mass is 16.1. The first-order valence-corrected chi connectivity index (χ1v) is 6.84. The van der Waals surface area contributed by atoms with Crippen LogP contribution in [-0.4, -0.2) is 25.5 Å². The molecule has 20 heavy (non-hydrogen) atoms. The van der Waals surface area contributed by atoms with Crippen molar-refractivity contribution in [1.29, 1.82) is 0 Å². The van der Waals surface area contributed by atoms with Crippen molar-refractivity contribution in [3.8, 4) is 0 Å². The van der Waals surface area contributed by atoms with Gasteiger partial charge in [-0.05, 0) is 20.8 Å². The number of carbonyl (C=O) groups is 1. The van der Waals surface area contributed by atoms with Crippen molar-refractivity contribution < 1.29 is 4.79 Å². The maximum atomic E-state index is 12.0. The lowest BCUT2D eigenvalue weighted by molar-refractivity contribution is -0.116. The summed E-state index contributed by atoms with van der Waals surface area (Å²) >= 11 is 0. The molecule has 1 amide bonds. The summed E-state index contributed by atoms with van der Waals surface area (Å²) in [6.45, 7) is 6.09. The molecule has 106 valence electrons. The molecule has 0 unspecified atom stereocenters. The summed E-state index contributed by atoms with van der Waals surface area (Å²) < 4.78 is 3.66. The molecule has 0 aliphatic carbocycles. The van der Waals surface area contributed by atoms with Crippen molar-refractivity contribution in [2.24, 2.45) is 7.05 Å². The van der Waals surface area contributed by atoms with E-state index in [9.17, 15) is 4.79 Å². The number of amides is 1. The number of anilines is 1. The van der Waals surface area contributed by atoms with Crippen LogP contribution in [0.2, 0.25) is 0 Å². The minimum Gasteiger partial charge on any atom is -0.311 e. The van der Waals surface area contributed by atoms with Crippen molar-refractivity contribution in [2.45, 2.75) is 39.2 Å². The monoisotopic (exact) mass is 273 g/mol. The molecular weight excluding hydrogens is 254 g/mol. The Balaban J connectivity index is 2.11. The second-order valence-corrected chi connectivity index (χ2v) is 5.64. The molecule has 0 bridgehead atoms. The summed E-state index contributed by atoms with van der Waals surface area (Å²) in [5, 5.41) is 11.8. The lowest BCUT2D eigenvalue weighted by atomic mass is 9.88. The average Bonchev–Trinajstić information content (AvgIpc) is 2.91. The molecule has 2 aromatic heterocycles. The third kappa shape index (κ3) is 1.92. The van der Waals surface area contributed by atoms with E-state index >= 15 is 0 Å². The highest BCUT2D eigenvalue weighted by Gasteiger charge is 2.32. The number of aryl methyl sites for hydroxylation is 2. The Bertz CT molecular complexity index is 667. The van der Waals surface area contributed by atoms with E-state index < -0.39 is 0 Å². The molecule has 6 nitrogen and oxygen atoms in total. The minimum atomic E-state index is 0.0353. The van der Waals surface area contributed by atoms with Crippen LogP contribution in [0.4, 0.5) is 5.82 Å². The largest absolute Gasteiger partial charge is 0.311 e. The lowest BCUT2D eigenvalue weighted by Gasteiger charge is -2.24. The standard InChI is InChI=1S/C14H19N5O/c1-8(2)19-14-11(6-15-19)10(5-13(20)16-14)12-7-18(4)17-9(12)3/h6-8,10H,5H2,1-4H3,(H,16,20)/t10-/m1/s1. The van der Waals surface area contributed by atoms with Gasteiger partial charge in [-0.25, -0.2) is 4.68 Å². The van der Waals surface area contributed by atoms with Gasteiger partial charge in [-0.2, -0.15) is 10.2 Å². The van der Waals surface area contributed by atoms with E-state index in [0.29, 0.717) is 6.42 Å². The van der Waals surface area contributed by atoms with Crippen LogP contribution >= 0.6 is 0 Å². The van der Waals surface area contributed by atoms with Crippen LogP contribution in [0.5, 0.6) is 0 Å². The first-order chi connectivity index (χ1) is 9.47. The van der Waals surface area contributed by atoms with Crippen LogP contribution in [0.1, 0.15) is 49.0 Å². The zero-order valence-corrected chi connectivity index (χ0v) is 12.2. The fourth-order valence-corrected chi connectivity index (χ4v) is 2.87. The number of fused-ring (bicyclic) bond motifs is 1. The Morgan fingerprint density at radius 2 is 2.15 bits per heavy atom. The quantitative estimate of drug-likeness (QED) is 0.910. The molecule has 1 N–H and O–H groups in total. The van der Waals surface area contributed by atoms with Gasteiger partial charge in [0.15, 0.2) is 0 Å². The molecule has 0 radical (unpaired) electrons. The Morgan fingerprint density at radius 3 is 2.75 bits per heavy atom. The van der Waals surface area contributed by atoms with E-state index in [4.69, 9.17) is 0 Å². The number of nitrogens with one attached hydrogen (secondary N) is 1. The predicted octanol–water partition coefficient (Wildman–Crippen LogP) is 1.98. The van der Waals surface area contributed by atoms with Gasteiger partial charge in [-0.1, -0.05) is 0 Å². The van der Waals surface area contributed by atoms with E-state index in [2.05, 4.69) is 29.4 Å². The Labute approximate surface area is 117 Å². The number of hydrogen-bond donors (Lipinski definition) is 1. The summed E-state index contributed by atoms with van der Waals surface area (Å²) in [5.41, 5.74) is 3.15. The third-order valence-corrected chi connectivity index (χ3v) is 3.76. The number of nitrogens with zero attached hydrogens (tertiary/aromatic N) is 4. The van der Waals surface area contributed by atoms with Crippen molar-refractivity contribution in [1.82, 2.24) is 19.6 Å². The highest BCUT2D eigenvalue weighted by Crippen LogP contribution is 2.38. The van der Waals surface area contributed by atoms with E-state index in [1.807, 2.05) is 31.0 Å². The molecule has 0 saturated carbocycles. The second kappa shape index (κ2) is 4.47. The van der Waals surface area contributed by atoms with Gasteiger partial charge in [-0.15, -0.1) is 0 Å². The zero-order chi connectivity index (χ0) is 14.4. The first kappa shape index (κ1) is 12.9. The Morgan fingerprint density at radius 1 is 1.40 bits per heavy atom. The average molecular weight is 273 g/mol.